The topological polar surface area (TPSA) is 49.3 Å². The van der Waals surface area contributed by atoms with Crippen molar-refractivity contribution >= 4 is 41.5 Å². The molecule has 1 aromatic heterocycles. The van der Waals surface area contributed by atoms with Crippen LogP contribution < -0.4 is 10.6 Å². The second-order valence-electron chi connectivity index (χ2n) is 5.84. The molecule has 0 unspecified atom stereocenters. The number of aliphatic imine (C=N–C) groups is 1. The van der Waals surface area contributed by atoms with Gasteiger partial charge >= 0.3 is 0 Å². The van der Waals surface area contributed by atoms with E-state index in [1.165, 1.54) is 16.7 Å². The Morgan fingerprint density at radius 3 is 2.40 bits per heavy atom. The van der Waals surface area contributed by atoms with E-state index in [9.17, 15) is 0 Å². The van der Waals surface area contributed by atoms with Gasteiger partial charge in [-0.25, -0.2) is 4.98 Å². The van der Waals surface area contributed by atoms with E-state index in [2.05, 4.69) is 52.7 Å². The van der Waals surface area contributed by atoms with Crippen LogP contribution in [-0.4, -0.2) is 31.1 Å². The van der Waals surface area contributed by atoms with Gasteiger partial charge in [0, 0.05) is 26.3 Å². The molecule has 0 aliphatic heterocycles. The van der Waals surface area contributed by atoms with Crippen molar-refractivity contribution in [3.8, 4) is 0 Å². The summed E-state index contributed by atoms with van der Waals surface area (Å²) in [6.07, 6.45) is 3.66. The van der Waals surface area contributed by atoms with Crippen molar-refractivity contribution in [3.05, 3.63) is 63.9 Å². The minimum absolute atomic E-state index is 0. The number of nitrogens with zero attached hydrogens (tertiary/aromatic N) is 2. The zero-order valence-electron chi connectivity index (χ0n) is 15.0. The number of guanidine groups is 1. The van der Waals surface area contributed by atoms with Crippen molar-refractivity contribution in [1.82, 2.24) is 15.6 Å². The summed E-state index contributed by atoms with van der Waals surface area (Å²) in [4.78, 5) is 8.35. The first-order chi connectivity index (χ1) is 11.6. The second-order valence-corrected chi connectivity index (χ2v) is 6.23. The van der Waals surface area contributed by atoms with Crippen molar-refractivity contribution in [2.24, 2.45) is 4.99 Å². The summed E-state index contributed by atoms with van der Waals surface area (Å²) < 4.78 is 0. The van der Waals surface area contributed by atoms with Gasteiger partial charge in [0.2, 0.25) is 0 Å². The standard InChI is InChI=1S/C19H25ClN4.HI/c1-14-4-6-17(15(2)12-14)9-11-23-19(21-3)22-10-8-16-5-7-18(20)24-13-16;/h4-7,12-13H,8-11H2,1-3H3,(H2,21,22,23);1H. The van der Waals surface area contributed by atoms with Crippen LogP contribution in [0.1, 0.15) is 22.3 Å². The molecule has 0 radical (unpaired) electrons. The lowest BCUT2D eigenvalue weighted by molar-refractivity contribution is 0.781. The Morgan fingerprint density at radius 2 is 1.80 bits per heavy atom. The Bertz CT molecular complexity index is 686. The van der Waals surface area contributed by atoms with Gasteiger partial charge in [-0.2, -0.15) is 0 Å². The number of pyridine rings is 1. The average molecular weight is 473 g/mol. The Balaban J connectivity index is 0.00000312. The molecule has 0 spiro atoms. The van der Waals surface area contributed by atoms with Crippen LogP contribution in [0.15, 0.2) is 41.5 Å². The highest BCUT2D eigenvalue weighted by molar-refractivity contribution is 14.0. The van der Waals surface area contributed by atoms with Crippen molar-refractivity contribution in [1.29, 1.82) is 0 Å². The highest BCUT2D eigenvalue weighted by atomic mass is 127. The van der Waals surface area contributed by atoms with Crippen LogP contribution in [0.25, 0.3) is 0 Å². The van der Waals surface area contributed by atoms with Crippen LogP contribution in [0.4, 0.5) is 0 Å². The Kier molecular flexibility index (Phi) is 9.82. The van der Waals surface area contributed by atoms with Crippen LogP contribution >= 0.6 is 35.6 Å². The minimum atomic E-state index is 0. The summed E-state index contributed by atoms with van der Waals surface area (Å²) in [7, 11) is 1.79. The van der Waals surface area contributed by atoms with Gasteiger partial charge in [-0.3, -0.25) is 4.99 Å². The molecule has 2 N–H and O–H groups in total. The lowest BCUT2D eigenvalue weighted by Crippen LogP contribution is -2.39. The fraction of sp³-hybridized carbons (Fsp3) is 0.368. The van der Waals surface area contributed by atoms with E-state index in [0.717, 1.165) is 37.5 Å². The molecular weight excluding hydrogens is 447 g/mol. The highest BCUT2D eigenvalue weighted by Crippen LogP contribution is 2.10. The smallest absolute Gasteiger partial charge is 0.190 e. The lowest BCUT2D eigenvalue weighted by atomic mass is 10.0. The van der Waals surface area contributed by atoms with E-state index in [1.54, 1.807) is 13.2 Å². The predicted octanol–water partition coefficient (Wildman–Crippen LogP) is 3.92. The van der Waals surface area contributed by atoms with E-state index in [-0.39, 0.29) is 24.0 Å². The quantitative estimate of drug-likeness (QED) is 0.290. The molecule has 6 heteroatoms. The molecule has 1 aromatic carbocycles. The molecule has 2 aromatic rings. The number of benzene rings is 1. The van der Waals surface area contributed by atoms with Gasteiger partial charge in [-0.1, -0.05) is 41.4 Å². The highest BCUT2D eigenvalue weighted by Gasteiger charge is 2.01. The van der Waals surface area contributed by atoms with Crippen molar-refractivity contribution in [3.63, 3.8) is 0 Å². The molecule has 25 heavy (non-hydrogen) atoms. The Labute approximate surface area is 172 Å². The third-order valence-electron chi connectivity index (χ3n) is 3.90. The van der Waals surface area contributed by atoms with Gasteiger partial charge in [-0.15, -0.1) is 24.0 Å². The molecule has 4 nitrogen and oxygen atoms in total. The summed E-state index contributed by atoms with van der Waals surface area (Å²) in [6, 6.07) is 10.4. The number of rotatable bonds is 6. The first-order valence-corrected chi connectivity index (χ1v) is 8.57. The van der Waals surface area contributed by atoms with Gasteiger partial charge in [0.1, 0.15) is 5.15 Å². The molecule has 0 saturated heterocycles. The summed E-state index contributed by atoms with van der Waals surface area (Å²) in [5.74, 6) is 0.821. The monoisotopic (exact) mass is 472 g/mol. The fourth-order valence-electron chi connectivity index (χ4n) is 2.54. The molecular formula is C19H26ClIN4. The largest absolute Gasteiger partial charge is 0.356 e. The van der Waals surface area contributed by atoms with Gasteiger partial charge in [-0.05, 0) is 49.4 Å². The van der Waals surface area contributed by atoms with E-state index in [4.69, 9.17) is 11.6 Å². The Hall–Kier alpha value is -1.34. The van der Waals surface area contributed by atoms with Crippen LogP contribution in [-0.2, 0) is 12.8 Å². The SMILES string of the molecule is CN=C(NCCc1ccc(Cl)nc1)NCCc1ccc(C)cc1C.I. The molecule has 0 saturated carbocycles. The molecule has 0 fully saturated rings. The van der Waals surface area contributed by atoms with Gasteiger partial charge < -0.3 is 10.6 Å². The molecule has 0 amide bonds. The summed E-state index contributed by atoms with van der Waals surface area (Å²) >= 11 is 5.79. The summed E-state index contributed by atoms with van der Waals surface area (Å²) in [6.45, 7) is 5.94. The summed E-state index contributed by atoms with van der Waals surface area (Å²) in [5.41, 5.74) is 5.17. The van der Waals surface area contributed by atoms with Gasteiger partial charge in [0.25, 0.3) is 0 Å². The second kappa shape index (κ2) is 11.3. The number of hydrogen-bond donors (Lipinski definition) is 2. The zero-order valence-corrected chi connectivity index (χ0v) is 18.1. The van der Waals surface area contributed by atoms with Gasteiger partial charge in [0.05, 0.1) is 0 Å². The van der Waals surface area contributed by atoms with E-state index in [0.29, 0.717) is 5.15 Å². The van der Waals surface area contributed by atoms with Crippen LogP contribution in [0, 0.1) is 13.8 Å². The number of halogens is 2. The van der Waals surface area contributed by atoms with Crippen molar-refractivity contribution < 1.29 is 0 Å². The average Bonchev–Trinajstić information content (AvgIpc) is 2.57. The number of aryl methyl sites for hydroxylation is 2. The number of hydrogen-bond acceptors (Lipinski definition) is 2. The zero-order chi connectivity index (χ0) is 17.4. The molecule has 136 valence electrons. The molecule has 0 atom stereocenters. The minimum Gasteiger partial charge on any atom is -0.356 e. The van der Waals surface area contributed by atoms with Crippen molar-refractivity contribution in [2.45, 2.75) is 26.7 Å². The summed E-state index contributed by atoms with van der Waals surface area (Å²) in [5, 5.41) is 7.20. The van der Waals surface area contributed by atoms with Crippen LogP contribution in [0.2, 0.25) is 5.15 Å². The molecule has 0 aliphatic carbocycles. The van der Waals surface area contributed by atoms with Crippen LogP contribution in [0.5, 0.6) is 0 Å². The first kappa shape index (κ1) is 21.7. The third kappa shape index (κ3) is 7.61. The number of nitrogens with one attached hydrogen (secondary N) is 2. The maximum atomic E-state index is 5.79. The van der Waals surface area contributed by atoms with Crippen molar-refractivity contribution in [2.75, 3.05) is 20.1 Å². The molecule has 2 rings (SSSR count). The maximum absolute atomic E-state index is 5.79. The lowest BCUT2D eigenvalue weighted by Gasteiger charge is -2.13. The third-order valence-corrected chi connectivity index (χ3v) is 4.13. The predicted molar refractivity (Wildman–Crippen MR) is 117 cm³/mol. The van der Waals surface area contributed by atoms with Crippen LogP contribution in [0.3, 0.4) is 0 Å². The van der Waals surface area contributed by atoms with E-state index >= 15 is 0 Å². The maximum Gasteiger partial charge on any atom is 0.190 e. The molecule has 0 bridgehead atoms. The van der Waals surface area contributed by atoms with E-state index in [1.807, 2.05) is 12.1 Å². The molecule has 0 aliphatic rings. The number of aromatic nitrogens is 1. The first-order valence-electron chi connectivity index (χ1n) is 8.19. The molecule has 1 heterocycles. The normalized spacial score (nSPS) is 11.0. The Morgan fingerprint density at radius 1 is 1.08 bits per heavy atom. The van der Waals surface area contributed by atoms with E-state index < -0.39 is 0 Å². The van der Waals surface area contributed by atoms with Gasteiger partial charge in [0.15, 0.2) is 5.96 Å². The fourth-order valence-corrected chi connectivity index (χ4v) is 2.65.